The van der Waals surface area contributed by atoms with E-state index in [0.717, 1.165) is 29.6 Å². The van der Waals surface area contributed by atoms with Crippen LogP contribution in [0.3, 0.4) is 0 Å². The van der Waals surface area contributed by atoms with E-state index < -0.39 is 0 Å². The van der Waals surface area contributed by atoms with Gasteiger partial charge in [-0.05, 0) is 135 Å². The normalized spacial score (nSPS) is 50.6. The average Bonchev–Trinajstić information content (AvgIpc) is 3.15. The molecule has 0 saturated heterocycles. The molecule has 5 fully saturated rings. The Kier molecular flexibility index (Phi) is 7.96. The topological polar surface area (TPSA) is 0 Å². The third-order valence-electron chi connectivity index (χ3n) is 13.3. The Hall–Kier alpha value is -0.260. The quantitative estimate of drug-likeness (QED) is 0.309. The molecule has 0 bridgehead atoms. The molecule has 198 valence electrons. The zero-order valence-corrected chi connectivity index (χ0v) is 25.4. The Labute approximate surface area is 215 Å². The van der Waals surface area contributed by atoms with Crippen LogP contribution in [0.5, 0.6) is 0 Å². The highest BCUT2D eigenvalue weighted by molar-refractivity contribution is 5.17. The van der Waals surface area contributed by atoms with E-state index in [9.17, 15) is 0 Å². The van der Waals surface area contributed by atoms with Crippen molar-refractivity contribution in [3.63, 3.8) is 0 Å². The summed E-state index contributed by atoms with van der Waals surface area (Å²) in [6.45, 7) is 30.3. The molecule has 5 saturated carbocycles. The second-order valence-electron chi connectivity index (χ2n) is 15.3. The molecule has 0 heterocycles. The van der Waals surface area contributed by atoms with Crippen molar-refractivity contribution in [2.45, 2.75) is 147 Å². The first-order valence-electron chi connectivity index (χ1n) is 15.3. The smallest absolute Gasteiger partial charge is 0.0235 e. The number of hydrogen-bond acceptors (Lipinski definition) is 0. The summed E-state index contributed by atoms with van der Waals surface area (Å²) >= 11 is 0. The maximum atomic E-state index is 3.56. The highest BCUT2D eigenvalue weighted by Crippen LogP contribution is 2.77. The van der Waals surface area contributed by atoms with E-state index in [4.69, 9.17) is 0 Å². The van der Waals surface area contributed by atoms with E-state index in [-0.39, 0.29) is 0 Å². The Morgan fingerprint density at radius 2 is 1.26 bits per heavy atom. The van der Waals surface area contributed by atoms with E-state index in [1.165, 1.54) is 56.9 Å². The molecule has 34 heavy (non-hydrogen) atoms. The summed E-state index contributed by atoms with van der Waals surface area (Å²) in [6, 6.07) is 0. The van der Waals surface area contributed by atoms with Crippen LogP contribution in [-0.2, 0) is 0 Å². The molecular weight excluding hydrogens is 408 g/mol. The van der Waals surface area contributed by atoms with Crippen LogP contribution in [0.4, 0.5) is 0 Å². The van der Waals surface area contributed by atoms with Gasteiger partial charge in [0, 0.05) is 0 Å². The van der Waals surface area contributed by atoms with E-state index in [0.29, 0.717) is 27.1 Å². The van der Waals surface area contributed by atoms with Crippen molar-refractivity contribution in [2.75, 3.05) is 0 Å². The largest absolute Gasteiger partial charge is 0.100 e. The van der Waals surface area contributed by atoms with Crippen LogP contribution in [0.2, 0.25) is 0 Å². The highest BCUT2D eigenvalue weighted by Gasteiger charge is 2.69. The molecule has 0 N–H and O–H groups in total. The van der Waals surface area contributed by atoms with Crippen LogP contribution >= 0.6 is 0 Å². The van der Waals surface area contributed by atoms with E-state index >= 15 is 0 Å². The van der Waals surface area contributed by atoms with Crippen molar-refractivity contribution < 1.29 is 0 Å². The van der Waals surface area contributed by atoms with Gasteiger partial charge in [-0.1, -0.05) is 74.3 Å². The molecule has 0 aliphatic heterocycles. The second kappa shape index (κ2) is 9.56. The Balaban J connectivity index is 0.000000492. The standard InChI is InChI=1S/C28H48.C4H8.C2H6/c1-19-12-15-26(5)22(24(19,2)3)13-16-28(7)23(26)11-10-21-20-9-8-14-25(20,4)17-18-27(21,28)6;1-4(2)3;1-2/h19-23H,8-18H2,1-7H3;1H2,2-3H3;1-2H3. The summed E-state index contributed by atoms with van der Waals surface area (Å²) in [6.07, 6.45) is 16.7. The SMILES string of the molecule is C=C(C)C.CC.CC1CCC2(C)C(CCC3(C)C2CCC2C4CCCC4(C)CCC23C)C1(C)C. The molecule has 9 unspecified atom stereocenters. The lowest BCUT2D eigenvalue weighted by Crippen LogP contribution is -2.65. The zero-order valence-electron chi connectivity index (χ0n) is 25.4. The molecule has 0 aromatic heterocycles. The van der Waals surface area contributed by atoms with Crippen LogP contribution in [0, 0.1) is 56.7 Å². The number of rotatable bonds is 0. The summed E-state index contributed by atoms with van der Waals surface area (Å²) in [4.78, 5) is 0. The van der Waals surface area contributed by atoms with Gasteiger partial charge in [-0.15, -0.1) is 6.58 Å². The van der Waals surface area contributed by atoms with Gasteiger partial charge in [0.15, 0.2) is 0 Å². The third kappa shape index (κ3) is 4.08. The number of allylic oxidation sites excluding steroid dienone is 1. The summed E-state index contributed by atoms with van der Waals surface area (Å²) in [7, 11) is 0. The maximum Gasteiger partial charge on any atom is -0.0235 e. The van der Waals surface area contributed by atoms with E-state index in [2.05, 4.69) is 55.0 Å². The molecule has 0 spiro atoms. The lowest BCUT2D eigenvalue weighted by molar-refractivity contribution is -0.238. The van der Waals surface area contributed by atoms with Crippen molar-refractivity contribution in [1.82, 2.24) is 0 Å². The van der Waals surface area contributed by atoms with Gasteiger partial charge < -0.3 is 0 Å². The van der Waals surface area contributed by atoms with Gasteiger partial charge in [0.25, 0.3) is 0 Å². The van der Waals surface area contributed by atoms with Gasteiger partial charge in [-0.2, -0.15) is 0 Å². The van der Waals surface area contributed by atoms with Gasteiger partial charge in [0.2, 0.25) is 0 Å². The maximum absolute atomic E-state index is 3.56. The van der Waals surface area contributed by atoms with Crippen LogP contribution in [-0.4, -0.2) is 0 Å². The monoisotopic (exact) mass is 470 g/mol. The summed E-state index contributed by atoms with van der Waals surface area (Å²) < 4.78 is 0. The van der Waals surface area contributed by atoms with E-state index in [1.807, 2.05) is 27.7 Å². The highest BCUT2D eigenvalue weighted by atomic mass is 14.7. The predicted molar refractivity (Wildman–Crippen MR) is 152 cm³/mol. The molecule has 5 rings (SSSR count). The summed E-state index contributed by atoms with van der Waals surface area (Å²) in [5, 5.41) is 0. The van der Waals surface area contributed by atoms with Crippen molar-refractivity contribution in [3.05, 3.63) is 12.2 Å². The Morgan fingerprint density at radius 1 is 0.647 bits per heavy atom. The predicted octanol–water partition coefficient (Wildman–Crippen LogP) is 11.1. The first-order chi connectivity index (χ1) is 15.7. The van der Waals surface area contributed by atoms with Crippen molar-refractivity contribution in [2.24, 2.45) is 56.7 Å². The zero-order chi connectivity index (χ0) is 25.7. The fraction of sp³-hybridized carbons (Fsp3) is 0.941. The van der Waals surface area contributed by atoms with Gasteiger partial charge >= 0.3 is 0 Å². The first-order valence-corrected chi connectivity index (χ1v) is 15.3. The van der Waals surface area contributed by atoms with Crippen LogP contribution in [0.1, 0.15) is 147 Å². The minimum Gasteiger partial charge on any atom is -0.100 e. The lowest BCUT2D eigenvalue weighted by atomic mass is 9.32. The van der Waals surface area contributed by atoms with Crippen LogP contribution < -0.4 is 0 Å². The van der Waals surface area contributed by atoms with Crippen LogP contribution in [0.15, 0.2) is 12.2 Å². The van der Waals surface area contributed by atoms with Crippen molar-refractivity contribution in [1.29, 1.82) is 0 Å². The van der Waals surface area contributed by atoms with E-state index in [1.54, 1.807) is 19.3 Å². The van der Waals surface area contributed by atoms with Crippen LogP contribution in [0.25, 0.3) is 0 Å². The molecule has 5 aliphatic rings. The van der Waals surface area contributed by atoms with Gasteiger partial charge in [-0.25, -0.2) is 0 Å². The molecule has 0 heteroatoms. The molecule has 9 atom stereocenters. The second-order valence-corrected chi connectivity index (χ2v) is 15.3. The molecule has 0 aromatic carbocycles. The average molecular weight is 471 g/mol. The van der Waals surface area contributed by atoms with Gasteiger partial charge in [0.05, 0.1) is 0 Å². The summed E-state index contributed by atoms with van der Waals surface area (Å²) in [5.74, 6) is 4.87. The van der Waals surface area contributed by atoms with Gasteiger partial charge in [-0.3, -0.25) is 0 Å². The molecular formula is C34H62. The molecule has 0 aromatic rings. The third-order valence-corrected chi connectivity index (χ3v) is 13.3. The Morgan fingerprint density at radius 3 is 1.88 bits per heavy atom. The lowest BCUT2D eigenvalue weighted by Gasteiger charge is -2.72. The fourth-order valence-corrected chi connectivity index (χ4v) is 11.1. The number of hydrogen-bond donors (Lipinski definition) is 0. The van der Waals surface area contributed by atoms with Crippen molar-refractivity contribution in [3.8, 4) is 0 Å². The first kappa shape index (κ1) is 28.3. The molecule has 0 nitrogen and oxygen atoms in total. The minimum atomic E-state index is 0.530. The fourth-order valence-electron chi connectivity index (χ4n) is 11.1. The summed E-state index contributed by atoms with van der Waals surface area (Å²) in [5.41, 5.74) is 4.17. The molecule has 0 amide bonds. The molecule has 0 radical (unpaired) electrons. The Bertz CT molecular complexity index is 726. The minimum absolute atomic E-state index is 0.530. The number of fused-ring (bicyclic) bond motifs is 7. The van der Waals surface area contributed by atoms with Crippen molar-refractivity contribution >= 4 is 0 Å². The molecule has 5 aliphatic carbocycles. The van der Waals surface area contributed by atoms with Gasteiger partial charge in [0.1, 0.15) is 0 Å².